The monoisotopic (exact) mass is 417 g/mol. The van der Waals surface area contributed by atoms with E-state index in [1.54, 1.807) is 6.07 Å². The number of anilines is 1. The highest BCUT2D eigenvalue weighted by Gasteiger charge is 2.25. The Labute approximate surface area is 170 Å². The Balaban J connectivity index is 1.51. The normalized spacial score (nSPS) is 15.2. The molecule has 6 nitrogen and oxygen atoms in total. The maximum atomic E-state index is 14.4. The Morgan fingerprint density at radius 3 is 2.57 bits per heavy atom. The number of benzene rings is 2. The molecule has 3 aromatic rings. The van der Waals surface area contributed by atoms with Crippen LogP contribution in [0, 0.1) is 17.5 Å². The van der Waals surface area contributed by atoms with Gasteiger partial charge in [-0.05, 0) is 36.8 Å². The van der Waals surface area contributed by atoms with Crippen molar-refractivity contribution in [3.05, 3.63) is 76.0 Å². The van der Waals surface area contributed by atoms with E-state index < -0.39 is 28.9 Å². The zero-order valence-electron chi connectivity index (χ0n) is 16.2. The molecule has 1 aromatic heterocycles. The topological polar surface area (TPSA) is 56.6 Å². The molecule has 0 radical (unpaired) electrons. The maximum Gasteiger partial charge on any atom is 0.352 e. The van der Waals surface area contributed by atoms with Crippen LogP contribution in [0.25, 0.3) is 0 Å². The molecular weight excluding hydrogens is 399 g/mol. The van der Waals surface area contributed by atoms with Gasteiger partial charge in [-0.25, -0.2) is 18.0 Å². The van der Waals surface area contributed by atoms with E-state index in [1.165, 1.54) is 22.8 Å². The molecule has 1 atom stereocenters. The third kappa shape index (κ3) is 3.83. The van der Waals surface area contributed by atoms with Crippen LogP contribution in [-0.4, -0.2) is 22.6 Å². The van der Waals surface area contributed by atoms with Crippen LogP contribution in [0.4, 0.5) is 19.0 Å². The summed E-state index contributed by atoms with van der Waals surface area (Å²) < 4.78 is 54.1. The Morgan fingerprint density at radius 1 is 1.13 bits per heavy atom. The van der Waals surface area contributed by atoms with Gasteiger partial charge in [-0.3, -0.25) is 4.57 Å². The third-order valence-corrected chi connectivity index (χ3v) is 4.90. The number of aromatic nitrogens is 2. The quantitative estimate of drug-likeness (QED) is 0.631. The first-order valence-electron chi connectivity index (χ1n) is 9.20. The number of rotatable bonds is 5. The average Bonchev–Trinajstić information content (AvgIpc) is 2.98. The van der Waals surface area contributed by atoms with Crippen LogP contribution in [0.15, 0.2) is 47.3 Å². The first-order chi connectivity index (χ1) is 14.3. The summed E-state index contributed by atoms with van der Waals surface area (Å²) in [6.45, 7) is 2.30. The summed E-state index contributed by atoms with van der Waals surface area (Å²) in [7, 11) is 1.86. The summed E-state index contributed by atoms with van der Waals surface area (Å²) in [6.07, 6.45) is 0. The van der Waals surface area contributed by atoms with Crippen LogP contribution in [-0.2, 0) is 13.2 Å². The number of halogens is 3. The van der Waals surface area contributed by atoms with Crippen molar-refractivity contribution >= 4 is 5.82 Å². The first-order valence-corrected chi connectivity index (χ1v) is 9.20. The summed E-state index contributed by atoms with van der Waals surface area (Å²) in [5.74, 6) is -2.47. The van der Waals surface area contributed by atoms with Crippen LogP contribution in [0.1, 0.15) is 12.5 Å². The fourth-order valence-corrected chi connectivity index (χ4v) is 3.22. The minimum absolute atomic E-state index is 0.0297. The predicted octanol–water partition coefficient (Wildman–Crippen LogP) is 3.87. The number of hydrogen-bond acceptors (Lipinski definition) is 5. The van der Waals surface area contributed by atoms with Crippen LogP contribution in [0.2, 0.25) is 0 Å². The Hall–Kier alpha value is -3.49. The largest absolute Gasteiger partial charge is 0.473 e. The van der Waals surface area contributed by atoms with Crippen molar-refractivity contribution in [1.82, 2.24) is 9.55 Å². The zero-order chi connectivity index (χ0) is 21.4. The summed E-state index contributed by atoms with van der Waals surface area (Å²) in [6, 6.07) is 8.81. The second-order valence-electron chi connectivity index (χ2n) is 7.04. The molecule has 2 aromatic carbocycles. The van der Waals surface area contributed by atoms with Gasteiger partial charge in [-0.1, -0.05) is 6.07 Å². The number of nitrogens with zero attached hydrogens (tertiary/aromatic N) is 3. The van der Waals surface area contributed by atoms with E-state index in [9.17, 15) is 18.0 Å². The summed E-state index contributed by atoms with van der Waals surface area (Å²) in [4.78, 5) is 18.0. The zero-order valence-corrected chi connectivity index (χ0v) is 16.2. The minimum atomic E-state index is -0.964. The third-order valence-electron chi connectivity index (χ3n) is 4.90. The van der Waals surface area contributed by atoms with Crippen molar-refractivity contribution in [3.8, 4) is 17.4 Å². The Bertz CT molecular complexity index is 1140. The van der Waals surface area contributed by atoms with Crippen molar-refractivity contribution < 1.29 is 22.6 Å². The summed E-state index contributed by atoms with van der Waals surface area (Å²) >= 11 is 0. The number of hydrogen-bond donors (Lipinski definition) is 0. The number of likely N-dealkylation sites (N-methyl/N-ethyl adjacent to an activating group) is 1. The molecule has 156 valence electrons. The second-order valence-corrected chi connectivity index (χ2v) is 7.04. The van der Waals surface area contributed by atoms with Gasteiger partial charge in [0.2, 0.25) is 5.88 Å². The maximum absolute atomic E-state index is 14.4. The minimum Gasteiger partial charge on any atom is -0.473 e. The van der Waals surface area contributed by atoms with E-state index in [2.05, 4.69) is 4.98 Å². The van der Waals surface area contributed by atoms with Gasteiger partial charge in [0.25, 0.3) is 0 Å². The van der Waals surface area contributed by atoms with Gasteiger partial charge < -0.3 is 14.4 Å². The summed E-state index contributed by atoms with van der Waals surface area (Å²) in [5, 5.41) is 0. The average molecular weight is 417 g/mol. The predicted molar refractivity (Wildman–Crippen MR) is 104 cm³/mol. The van der Waals surface area contributed by atoms with Crippen molar-refractivity contribution in [3.63, 3.8) is 0 Å². The van der Waals surface area contributed by atoms with Gasteiger partial charge in [0.1, 0.15) is 24.0 Å². The molecule has 0 amide bonds. The van der Waals surface area contributed by atoms with E-state index in [4.69, 9.17) is 9.47 Å². The number of fused-ring (bicyclic) bond motifs is 1. The standard InChI is InChI=1S/C21H18F3N3O3/c1-12-10-27-19(26(12)2)9-18(25-21(27)28)29-11-13-6-16(23)20(17(24)7-13)30-15-5-3-4-14(22)8-15/h3-9,12H,10-11H2,1-2H3. The van der Waals surface area contributed by atoms with Gasteiger partial charge in [0, 0.05) is 31.8 Å². The molecule has 0 aliphatic carbocycles. The van der Waals surface area contributed by atoms with Gasteiger partial charge >= 0.3 is 5.69 Å². The van der Waals surface area contributed by atoms with E-state index in [1.807, 2.05) is 18.9 Å². The van der Waals surface area contributed by atoms with Crippen LogP contribution < -0.4 is 20.1 Å². The Kier molecular flexibility index (Phi) is 5.11. The molecule has 0 saturated carbocycles. The van der Waals surface area contributed by atoms with Crippen molar-refractivity contribution in [2.45, 2.75) is 26.1 Å². The summed E-state index contributed by atoms with van der Waals surface area (Å²) in [5.41, 5.74) is -0.268. The molecule has 2 heterocycles. The first kappa shape index (κ1) is 19.8. The molecule has 0 spiro atoms. The lowest BCUT2D eigenvalue weighted by atomic mass is 10.2. The highest BCUT2D eigenvalue weighted by atomic mass is 19.1. The van der Waals surface area contributed by atoms with Gasteiger partial charge in [-0.2, -0.15) is 4.98 Å². The smallest absolute Gasteiger partial charge is 0.352 e. The van der Waals surface area contributed by atoms with Crippen molar-refractivity contribution in [1.29, 1.82) is 0 Å². The molecule has 30 heavy (non-hydrogen) atoms. The molecule has 1 aliphatic heterocycles. The van der Waals surface area contributed by atoms with Crippen molar-refractivity contribution in [2.24, 2.45) is 0 Å². The molecule has 0 fully saturated rings. The highest BCUT2D eigenvalue weighted by Crippen LogP contribution is 2.30. The van der Waals surface area contributed by atoms with E-state index in [0.29, 0.717) is 12.4 Å². The lowest BCUT2D eigenvalue weighted by Gasteiger charge is -2.16. The van der Waals surface area contributed by atoms with Crippen LogP contribution >= 0.6 is 0 Å². The van der Waals surface area contributed by atoms with E-state index in [-0.39, 0.29) is 29.8 Å². The highest BCUT2D eigenvalue weighted by molar-refractivity contribution is 5.45. The van der Waals surface area contributed by atoms with Crippen molar-refractivity contribution in [2.75, 3.05) is 11.9 Å². The van der Waals surface area contributed by atoms with Crippen LogP contribution in [0.5, 0.6) is 17.4 Å². The Morgan fingerprint density at radius 2 is 1.87 bits per heavy atom. The second kappa shape index (κ2) is 7.74. The fourth-order valence-electron chi connectivity index (χ4n) is 3.22. The van der Waals surface area contributed by atoms with Gasteiger partial charge in [-0.15, -0.1) is 0 Å². The van der Waals surface area contributed by atoms with Crippen LogP contribution in [0.3, 0.4) is 0 Å². The molecule has 9 heteroatoms. The molecule has 0 bridgehead atoms. The van der Waals surface area contributed by atoms with Gasteiger partial charge in [0.15, 0.2) is 17.4 Å². The molecule has 0 N–H and O–H groups in total. The van der Waals surface area contributed by atoms with E-state index in [0.717, 1.165) is 18.2 Å². The number of ether oxygens (including phenoxy) is 2. The van der Waals surface area contributed by atoms with Gasteiger partial charge in [0.05, 0.1) is 0 Å². The lowest BCUT2D eigenvalue weighted by Crippen LogP contribution is -2.23. The SMILES string of the molecule is CC1Cn2c(cc(OCc3cc(F)c(Oc4cccc(F)c4)c(F)c3)nc2=O)N1C. The lowest BCUT2D eigenvalue weighted by molar-refractivity contribution is 0.289. The molecule has 1 unspecified atom stereocenters. The molecular formula is C21H18F3N3O3. The molecule has 4 rings (SSSR count). The fraction of sp³-hybridized carbons (Fsp3) is 0.238. The molecule has 1 aliphatic rings. The molecule has 0 saturated heterocycles. The van der Waals surface area contributed by atoms with E-state index >= 15 is 0 Å².